The predicted octanol–water partition coefficient (Wildman–Crippen LogP) is 9.94. The molecule has 6 nitrogen and oxygen atoms in total. The van der Waals surface area contributed by atoms with Gasteiger partial charge >= 0.3 is 0 Å². The molecule has 0 aliphatic carbocycles. The van der Waals surface area contributed by atoms with E-state index in [9.17, 15) is 0 Å². The molecule has 1 aliphatic rings. The smallest absolute Gasteiger partial charge is 0.135 e. The Morgan fingerprint density at radius 1 is 0.792 bits per heavy atom. The van der Waals surface area contributed by atoms with Crippen molar-refractivity contribution >= 4 is 38.9 Å². The average molecular weight is 808 g/mol. The molecule has 4 aromatic carbocycles. The molecule has 242 valence electrons. The van der Waals surface area contributed by atoms with Crippen LogP contribution in [0.25, 0.3) is 38.8 Å². The second-order valence-corrected chi connectivity index (χ2v) is 13.1. The third-order valence-corrected chi connectivity index (χ3v) is 8.88. The van der Waals surface area contributed by atoms with Crippen LogP contribution in [-0.4, -0.2) is 21.6 Å². The van der Waals surface area contributed by atoms with Crippen molar-refractivity contribution in [2.24, 2.45) is 0 Å². The Balaban J connectivity index is 0.00000364. The molecule has 7 heteroatoms. The topological polar surface area (TPSA) is 46.4 Å². The van der Waals surface area contributed by atoms with Gasteiger partial charge < -0.3 is 19.1 Å². The largest absolute Gasteiger partial charge is 0.504 e. The summed E-state index contributed by atoms with van der Waals surface area (Å²) in [5.41, 5.74) is 9.85. The average Bonchev–Trinajstić information content (AvgIpc) is 3.59. The zero-order valence-electron chi connectivity index (χ0n) is 27.4. The Bertz CT molecular complexity index is 2290. The van der Waals surface area contributed by atoms with Gasteiger partial charge in [-0.1, -0.05) is 80.9 Å². The first-order chi connectivity index (χ1) is 22.7. The zero-order valence-corrected chi connectivity index (χ0v) is 29.7. The standard InChI is InChI=1S/C41H34N5O.Pt/c1-27-22-39(43-25-34(27)28-14-16-29(17-15-28)41(2,3)4)46-35-11-7-6-10-32(35)33-19-18-31(24-38(33)46)47-40-23-30(20-21-42-40)45-26-44(5)36-12-8-9-13-37(36)45;/h6-22,25-26H,1-5H3;/q-3;. The van der Waals surface area contributed by atoms with Crippen LogP contribution in [0.5, 0.6) is 11.6 Å². The van der Waals surface area contributed by atoms with Gasteiger partial charge in [-0.15, -0.1) is 17.5 Å². The number of aromatic nitrogens is 3. The first-order valence-corrected chi connectivity index (χ1v) is 15.8. The van der Waals surface area contributed by atoms with E-state index in [-0.39, 0.29) is 26.5 Å². The summed E-state index contributed by atoms with van der Waals surface area (Å²) in [6.45, 7) is 10.9. The molecule has 0 N–H and O–H groups in total. The van der Waals surface area contributed by atoms with Crippen molar-refractivity contribution in [3.05, 3.63) is 139 Å². The van der Waals surface area contributed by atoms with Crippen LogP contribution in [0.3, 0.4) is 0 Å². The third-order valence-electron chi connectivity index (χ3n) is 8.88. The second-order valence-electron chi connectivity index (χ2n) is 13.1. The van der Waals surface area contributed by atoms with Crippen molar-refractivity contribution in [1.29, 1.82) is 0 Å². The van der Waals surface area contributed by atoms with Gasteiger partial charge in [0.15, 0.2) is 0 Å². The third kappa shape index (κ3) is 5.54. The van der Waals surface area contributed by atoms with Crippen molar-refractivity contribution < 1.29 is 25.8 Å². The van der Waals surface area contributed by atoms with Crippen LogP contribution in [0, 0.1) is 25.7 Å². The van der Waals surface area contributed by atoms with E-state index >= 15 is 0 Å². The monoisotopic (exact) mass is 807 g/mol. The zero-order chi connectivity index (χ0) is 32.3. The fraction of sp³-hybridized carbons (Fsp3) is 0.146. The maximum absolute atomic E-state index is 6.31. The van der Waals surface area contributed by atoms with E-state index in [1.807, 2.05) is 44.2 Å². The first kappa shape index (κ1) is 31.7. The molecule has 0 fully saturated rings. The van der Waals surface area contributed by atoms with E-state index in [1.54, 1.807) is 6.20 Å². The van der Waals surface area contributed by atoms with Gasteiger partial charge in [0.1, 0.15) is 11.7 Å². The van der Waals surface area contributed by atoms with Crippen molar-refractivity contribution in [3.8, 4) is 28.6 Å². The van der Waals surface area contributed by atoms with Gasteiger partial charge in [-0.25, -0.2) is 4.98 Å². The summed E-state index contributed by atoms with van der Waals surface area (Å²) in [6.07, 6.45) is 3.73. The van der Waals surface area contributed by atoms with Crippen molar-refractivity contribution in [2.75, 3.05) is 16.8 Å². The Labute approximate surface area is 295 Å². The molecule has 48 heavy (non-hydrogen) atoms. The Kier molecular flexibility index (Phi) is 8.09. The molecule has 0 amide bonds. The van der Waals surface area contributed by atoms with Crippen LogP contribution in [0.2, 0.25) is 0 Å². The van der Waals surface area contributed by atoms with Gasteiger partial charge in [-0.05, 0) is 71.9 Å². The minimum atomic E-state index is 0. The van der Waals surface area contributed by atoms with E-state index in [0.717, 1.165) is 61.4 Å². The van der Waals surface area contributed by atoms with Crippen LogP contribution in [0.4, 0.5) is 17.1 Å². The van der Waals surface area contributed by atoms with E-state index in [2.05, 4.69) is 132 Å². The summed E-state index contributed by atoms with van der Waals surface area (Å²) in [5.74, 6) is 1.76. The molecule has 0 spiro atoms. The van der Waals surface area contributed by atoms with Crippen molar-refractivity contribution in [2.45, 2.75) is 33.1 Å². The van der Waals surface area contributed by atoms with Crippen LogP contribution < -0.4 is 14.5 Å². The molecule has 0 radical (unpaired) electrons. The molecule has 3 aromatic heterocycles. The molecule has 0 bridgehead atoms. The summed E-state index contributed by atoms with van der Waals surface area (Å²) >= 11 is 0. The summed E-state index contributed by atoms with van der Waals surface area (Å²) in [5, 5.41) is 2.21. The summed E-state index contributed by atoms with van der Waals surface area (Å²) in [7, 11) is 2.04. The van der Waals surface area contributed by atoms with Crippen molar-refractivity contribution in [1.82, 2.24) is 14.5 Å². The molecule has 0 unspecified atom stereocenters. The molecule has 7 aromatic rings. The normalized spacial score (nSPS) is 12.8. The van der Waals surface area contributed by atoms with Gasteiger partial charge in [0.25, 0.3) is 0 Å². The van der Waals surface area contributed by atoms with Crippen LogP contribution in [-0.2, 0) is 26.5 Å². The van der Waals surface area contributed by atoms with Gasteiger partial charge in [-0.2, -0.15) is 30.6 Å². The van der Waals surface area contributed by atoms with Gasteiger partial charge in [0, 0.05) is 55.5 Å². The summed E-state index contributed by atoms with van der Waals surface area (Å²) in [6, 6.07) is 40.5. The fourth-order valence-corrected chi connectivity index (χ4v) is 6.40. The Hall–Kier alpha value is -4.93. The molecule has 0 saturated heterocycles. The van der Waals surface area contributed by atoms with E-state index < -0.39 is 0 Å². The number of anilines is 3. The molecule has 1 aliphatic heterocycles. The quantitative estimate of drug-likeness (QED) is 0.162. The van der Waals surface area contributed by atoms with Gasteiger partial charge in [0.2, 0.25) is 0 Å². The maximum atomic E-state index is 6.31. The van der Waals surface area contributed by atoms with Crippen LogP contribution >= 0.6 is 0 Å². The number of rotatable bonds is 5. The number of para-hydroxylation sites is 3. The molecule has 0 saturated carbocycles. The fourth-order valence-electron chi connectivity index (χ4n) is 6.40. The van der Waals surface area contributed by atoms with Crippen LogP contribution in [0.1, 0.15) is 31.9 Å². The number of aryl methyl sites for hydroxylation is 1. The first-order valence-electron chi connectivity index (χ1n) is 15.8. The molecule has 0 atom stereocenters. The number of pyridine rings is 2. The van der Waals surface area contributed by atoms with Gasteiger partial charge in [0.05, 0.1) is 0 Å². The number of fused-ring (bicyclic) bond motifs is 4. The molecular weight excluding hydrogens is 774 g/mol. The van der Waals surface area contributed by atoms with Crippen LogP contribution in [0.15, 0.2) is 109 Å². The van der Waals surface area contributed by atoms with E-state index in [0.29, 0.717) is 11.6 Å². The number of ether oxygens (including phenoxy) is 1. The second kappa shape index (κ2) is 12.3. The molecule has 8 rings (SSSR count). The summed E-state index contributed by atoms with van der Waals surface area (Å²) in [4.78, 5) is 13.7. The SMILES string of the molecule is Cc1cc(-n2c3[c-]c(Oc4[c-]c(N5[CH-]N(C)c6ccccc65)ccn4)ccc3c3ccccc32)ncc1-c1ccc(C(C)(C)C)cc1.[Pt]. The maximum Gasteiger partial charge on any atom is 0.135 e. The molecular formula is C41H34N5OPt-3. The number of nitrogens with zero attached hydrogens (tertiary/aromatic N) is 5. The Morgan fingerprint density at radius 2 is 1.54 bits per heavy atom. The number of hydrogen-bond acceptors (Lipinski definition) is 5. The minimum absolute atomic E-state index is 0. The predicted molar refractivity (Wildman–Crippen MR) is 191 cm³/mol. The van der Waals surface area contributed by atoms with E-state index in [1.165, 1.54) is 5.56 Å². The van der Waals surface area contributed by atoms with Gasteiger partial charge in [-0.3, -0.25) is 4.98 Å². The number of benzene rings is 4. The minimum Gasteiger partial charge on any atom is -0.504 e. The molecule has 4 heterocycles. The number of hydrogen-bond donors (Lipinski definition) is 0. The van der Waals surface area contributed by atoms with E-state index in [4.69, 9.17) is 9.72 Å². The van der Waals surface area contributed by atoms with Crippen molar-refractivity contribution in [3.63, 3.8) is 0 Å². The summed E-state index contributed by atoms with van der Waals surface area (Å²) < 4.78 is 8.48. The Morgan fingerprint density at radius 3 is 2.31 bits per heavy atom.